The molecule has 154 valence electrons. The van der Waals surface area contributed by atoms with Crippen LogP contribution in [0.4, 0.5) is 5.69 Å². The van der Waals surface area contributed by atoms with Gasteiger partial charge in [-0.1, -0.05) is 29.8 Å². The van der Waals surface area contributed by atoms with Crippen LogP contribution in [-0.2, 0) is 6.54 Å². The number of halogens is 1. The van der Waals surface area contributed by atoms with Gasteiger partial charge in [-0.2, -0.15) is 0 Å². The Bertz CT molecular complexity index is 1320. The average molecular weight is 441 g/mol. The third kappa shape index (κ3) is 3.53. The molecule has 0 aliphatic carbocycles. The number of benzene rings is 2. The van der Waals surface area contributed by atoms with Crippen LogP contribution in [0.15, 0.2) is 58.1 Å². The van der Waals surface area contributed by atoms with Gasteiger partial charge in [0.05, 0.1) is 5.52 Å². The molecule has 1 N–H and O–H groups in total. The van der Waals surface area contributed by atoms with Crippen LogP contribution in [0.3, 0.4) is 0 Å². The number of nitrogens with zero attached hydrogens (tertiary/aromatic N) is 3. The SMILES string of the molecule is O=c1[nH]c2c(sc3ccccc32)c(=O)n1CCN1CCN(c2ccc(Cl)cc2)CC1. The molecule has 0 saturated carbocycles. The highest BCUT2D eigenvalue weighted by atomic mass is 35.5. The molecule has 0 atom stereocenters. The van der Waals surface area contributed by atoms with Crippen molar-refractivity contribution in [3.63, 3.8) is 0 Å². The first-order valence-corrected chi connectivity index (χ1v) is 11.2. The minimum atomic E-state index is -0.337. The Kier molecular flexibility index (Phi) is 5.10. The number of fused-ring (bicyclic) bond motifs is 3. The molecule has 8 heteroatoms. The molecule has 0 bridgehead atoms. The lowest BCUT2D eigenvalue weighted by Crippen LogP contribution is -2.48. The van der Waals surface area contributed by atoms with Gasteiger partial charge in [-0.05, 0) is 30.3 Å². The van der Waals surface area contributed by atoms with Crippen molar-refractivity contribution in [1.82, 2.24) is 14.5 Å². The van der Waals surface area contributed by atoms with Crippen LogP contribution >= 0.6 is 22.9 Å². The van der Waals surface area contributed by atoms with Gasteiger partial charge in [0, 0.05) is 60.1 Å². The second-order valence-corrected chi connectivity index (χ2v) is 8.98. The number of nitrogens with one attached hydrogen (secondary N) is 1. The molecule has 1 aliphatic heterocycles. The Morgan fingerprint density at radius 3 is 2.43 bits per heavy atom. The summed E-state index contributed by atoms with van der Waals surface area (Å²) in [5, 5.41) is 1.67. The van der Waals surface area contributed by atoms with Crippen molar-refractivity contribution in [3.8, 4) is 0 Å². The van der Waals surface area contributed by atoms with Gasteiger partial charge in [-0.25, -0.2) is 4.79 Å². The third-order valence-electron chi connectivity index (χ3n) is 5.72. The number of aromatic amines is 1. The van der Waals surface area contributed by atoms with Crippen LogP contribution in [-0.4, -0.2) is 47.2 Å². The highest BCUT2D eigenvalue weighted by Crippen LogP contribution is 2.29. The van der Waals surface area contributed by atoms with Crippen LogP contribution in [0.5, 0.6) is 0 Å². The fourth-order valence-corrected chi connectivity index (χ4v) is 5.27. The van der Waals surface area contributed by atoms with Crippen molar-refractivity contribution in [1.29, 1.82) is 0 Å². The number of hydrogen-bond acceptors (Lipinski definition) is 5. The van der Waals surface area contributed by atoms with E-state index in [0.29, 0.717) is 23.3 Å². The van der Waals surface area contributed by atoms with E-state index in [1.807, 2.05) is 48.5 Å². The molecule has 4 aromatic rings. The molecule has 0 amide bonds. The maximum absolute atomic E-state index is 13.0. The van der Waals surface area contributed by atoms with Crippen LogP contribution in [0, 0.1) is 0 Å². The molecule has 1 saturated heterocycles. The third-order valence-corrected chi connectivity index (χ3v) is 7.13. The number of thiophene rings is 1. The molecule has 3 heterocycles. The minimum absolute atomic E-state index is 0.199. The first-order chi connectivity index (χ1) is 14.6. The molecule has 0 spiro atoms. The van der Waals surface area contributed by atoms with Crippen molar-refractivity contribution in [2.45, 2.75) is 6.54 Å². The molecule has 5 rings (SSSR count). The van der Waals surface area contributed by atoms with E-state index < -0.39 is 0 Å². The summed E-state index contributed by atoms with van der Waals surface area (Å²) in [7, 11) is 0. The highest BCUT2D eigenvalue weighted by Gasteiger charge is 2.18. The van der Waals surface area contributed by atoms with E-state index >= 15 is 0 Å². The first-order valence-electron chi connectivity index (χ1n) is 9.97. The predicted molar refractivity (Wildman–Crippen MR) is 124 cm³/mol. The average Bonchev–Trinajstić information content (AvgIpc) is 3.13. The fraction of sp³-hybridized carbons (Fsp3) is 0.273. The summed E-state index contributed by atoms with van der Waals surface area (Å²) >= 11 is 7.41. The lowest BCUT2D eigenvalue weighted by Gasteiger charge is -2.36. The summed E-state index contributed by atoms with van der Waals surface area (Å²) in [5.74, 6) is 0. The molecule has 1 fully saturated rings. The molecule has 0 radical (unpaired) electrons. The number of hydrogen-bond donors (Lipinski definition) is 1. The zero-order valence-electron chi connectivity index (χ0n) is 16.3. The van der Waals surface area contributed by atoms with Gasteiger partial charge in [0.25, 0.3) is 5.56 Å². The summed E-state index contributed by atoms with van der Waals surface area (Å²) in [6.45, 7) is 4.65. The second kappa shape index (κ2) is 7.91. The van der Waals surface area contributed by atoms with E-state index in [4.69, 9.17) is 11.6 Å². The Labute approximate surface area is 181 Å². The normalized spacial score (nSPS) is 15.3. The van der Waals surface area contributed by atoms with Crippen LogP contribution in [0.2, 0.25) is 5.02 Å². The van der Waals surface area contributed by atoms with Crippen molar-refractivity contribution in [2.24, 2.45) is 0 Å². The fourth-order valence-electron chi connectivity index (χ4n) is 4.04. The number of anilines is 1. The van der Waals surface area contributed by atoms with Gasteiger partial charge in [0.1, 0.15) is 4.70 Å². The minimum Gasteiger partial charge on any atom is -0.369 e. The summed E-state index contributed by atoms with van der Waals surface area (Å²) in [4.78, 5) is 33.1. The Balaban J connectivity index is 1.30. The molecule has 6 nitrogen and oxygen atoms in total. The summed E-state index contributed by atoms with van der Waals surface area (Å²) in [5.41, 5.74) is 1.28. The molecular weight excluding hydrogens is 420 g/mol. The summed E-state index contributed by atoms with van der Waals surface area (Å²) < 4.78 is 2.96. The molecule has 0 unspecified atom stereocenters. The van der Waals surface area contributed by atoms with Crippen molar-refractivity contribution < 1.29 is 0 Å². The van der Waals surface area contributed by atoms with E-state index in [1.54, 1.807) is 0 Å². The maximum Gasteiger partial charge on any atom is 0.328 e. The van der Waals surface area contributed by atoms with E-state index in [-0.39, 0.29) is 11.2 Å². The van der Waals surface area contributed by atoms with E-state index in [1.165, 1.54) is 21.6 Å². The largest absolute Gasteiger partial charge is 0.369 e. The first kappa shape index (κ1) is 19.4. The zero-order chi connectivity index (χ0) is 20.7. The Morgan fingerprint density at radius 2 is 1.67 bits per heavy atom. The molecule has 30 heavy (non-hydrogen) atoms. The Morgan fingerprint density at radius 1 is 0.933 bits per heavy atom. The quantitative estimate of drug-likeness (QED) is 0.528. The number of H-pyrrole nitrogens is 1. The maximum atomic E-state index is 13.0. The number of aromatic nitrogens is 2. The van der Waals surface area contributed by atoms with Crippen LogP contribution in [0.1, 0.15) is 0 Å². The van der Waals surface area contributed by atoms with Gasteiger partial charge >= 0.3 is 5.69 Å². The van der Waals surface area contributed by atoms with Gasteiger partial charge in [-0.3, -0.25) is 14.3 Å². The monoisotopic (exact) mass is 440 g/mol. The smallest absolute Gasteiger partial charge is 0.328 e. The molecule has 1 aliphatic rings. The van der Waals surface area contributed by atoms with Crippen molar-refractivity contribution >= 4 is 48.9 Å². The standard InChI is InChI=1S/C22H21ClN4O2S/c23-15-5-7-16(8-6-15)26-12-9-25(10-13-26)11-14-27-21(28)20-19(24-22(27)29)17-3-1-2-4-18(17)30-20/h1-8H,9-14H2,(H,24,29). The number of piperazine rings is 1. The zero-order valence-corrected chi connectivity index (χ0v) is 17.9. The lowest BCUT2D eigenvalue weighted by atomic mass is 10.2. The van der Waals surface area contributed by atoms with E-state index in [9.17, 15) is 9.59 Å². The molecule has 2 aromatic carbocycles. The predicted octanol–water partition coefficient (Wildman–Crippen LogP) is 3.38. The summed E-state index contributed by atoms with van der Waals surface area (Å²) in [6, 6.07) is 15.7. The number of rotatable bonds is 4. The Hall–Kier alpha value is -2.61. The van der Waals surface area contributed by atoms with Gasteiger partial charge in [0.15, 0.2) is 0 Å². The van der Waals surface area contributed by atoms with Gasteiger partial charge in [-0.15, -0.1) is 11.3 Å². The van der Waals surface area contributed by atoms with Crippen LogP contribution in [0.25, 0.3) is 20.3 Å². The van der Waals surface area contributed by atoms with Crippen molar-refractivity contribution in [2.75, 3.05) is 37.6 Å². The van der Waals surface area contributed by atoms with E-state index in [0.717, 1.165) is 41.3 Å². The molecule has 2 aromatic heterocycles. The topological polar surface area (TPSA) is 61.3 Å². The van der Waals surface area contributed by atoms with Crippen molar-refractivity contribution in [3.05, 3.63) is 74.4 Å². The second-order valence-electron chi connectivity index (χ2n) is 7.49. The van der Waals surface area contributed by atoms with Crippen LogP contribution < -0.4 is 16.1 Å². The van der Waals surface area contributed by atoms with Gasteiger partial charge in [0.2, 0.25) is 0 Å². The lowest BCUT2D eigenvalue weighted by molar-refractivity contribution is 0.246. The van der Waals surface area contributed by atoms with Gasteiger partial charge < -0.3 is 9.88 Å². The molecular formula is C22H21ClN4O2S. The summed E-state index contributed by atoms with van der Waals surface area (Å²) in [6.07, 6.45) is 0. The van der Waals surface area contributed by atoms with E-state index in [2.05, 4.69) is 14.8 Å². The highest BCUT2D eigenvalue weighted by molar-refractivity contribution is 7.25.